The molecule has 0 saturated carbocycles. The zero-order chi connectivity index (χ0) is 16.5. The lowest BCUT2D eigenvalue weighted by molar-refractivity contribution is -0.117. The Morgan fingerprint density at radius 2 is 2.22 bits per heavy atom. The van der Waals surface area contributed by atoms with Crippen molar-refractivity contribution in [1.82, 2.24) is 10.2 Å². The molecule has 0 aliphatic carbocycles. The zero-order valence-corrected chi connectivity index (χ0v) is 13.5. The first-order valence-corrected chi connectivity index (χ1v) is 7.77. The molecule has 1 aromatic rings. The Kier molecular flexibility index (Phi) is 6.88. The molecule has 1 saturated heterocycles. The van der Waals surface area contributed by atoms with Gasteiger partial charge in [-0.05, 0) is 18.2 Å². The Hall–Kier alpha value is -2.07. The molecule has 0 aromatic heterocycles. The lowest BCUT2D eigenvalue weighted by Gasteiger charge is -2.26. The highest BCUT2D eigenvalue weighted by atomic mass is 35.5. The second-order valence-electron chi connectivity index (χ2n) is 5.03. The van der Waals surface area contributed by atoms with Gasteiger partial charge in [0.15, 0.2) is 0 Å². The second-order valence-corrected chi connectivity index (χ2v) is 5.47. The van der Waals surface area contributed by atoms with E-state index in [2.05, 4.69) is 15.5 Å². The summed E-state index contributed by atoms with van der Waals surface area (Å²) in [5.41, 5.74) is 0.735. The predicted molar refractivity (Wildman–Crippen MR) is 89.0 cm³/mol. The normalized spacial score (nSPS) is 15.7. The van der Waals surface area contributed by atoms with Crippen LogP contribution in [0.15, 0.2) is 36.0 Å². The molecule has 23 heavy (non-hydrogen) atoms. The molecule has 1 fully saturated rings. The second kappa shape index (κ2) is 9.16. The number of anilines is 1. The Morgan fingerprint density at radius 3 is 2.91 bits per heavy atom. The van der Waals surface area contributed by atoms with E-state index in [1.807, 2.05) is 6.07 Å². The van der Waals surface area contributed by atoms with E-state index in [1.165, 1.54) is 6.20 Å². The van der Waals surface area contributed by atoms with Gasteiger partial charge < -0.3 is 15.4 Å². The summed E-state index contributed by atoms with van der Waals surface area (Å²) >= 11 is 5.88. The number of carbonyl (C=O) groups is 1. The van der Waals surface area contributed by atoms with Crippen LogP contribution in [0.2, 0.25) is 5.02 Å². The van der Waals surface area contributed by atoms with Gasteiger partial charge in [-0.2, -0.15) is 5.26 Å². The van der Waals surface area contributed by atoms with E-state index in [0.717, 1.165) is 32.8 Å². The fourth-order valence-corrected chi connectivity index (χ4v) is 2.32. The van der Waals surface area contributed by atoms with E-state index in [9.17, 15) is 4.79 Å². The summed E-state index contributed by atoms with van der Waals surface area (Å²) in [6, 6.07) is 8.94. The molecule has 7 heteroatoms. The number of carbonyl (C=O) groups excluding carboxylic acids is 1. The number of halogens is 1. The van der Waals surface area contributed by atoms with Gasteiger partial charge in [0.2, 0.25) is 0 Å². The fraction of sp³-hybridized carbons (Fsp3) is 0.375. The lowest BCUT2D eigenvalue weighted by Crippen LogP contribution is -2.41. The number of hydrogen-bond donors (Lipinski definition) is 2. The van der Waals surface area contributed by atoms with Crippen LogP contribution in [0.5, 0.6) is 0 Å². The number of nitrogens with zero attached hydrogens (tertiary/aromatic N) is 2. The summed E-state index contributed by atoms with van der Waals surface area (Å²) in [6.45, 7) is 4.42. The molecule has 1 aliphatic rings. The first kappa shape index (κ1) is 17.3. The van der Waals surface area contributed by atoms with Crippen molar-refractivity contribution >= 4 is 23.2 Å². The molecule has 0 radical (unpaired) electrons. The molecule has 1 heterocycles. The van der Waals surface area contributed by atoms with Crippen molar-refractivity contribution in [3.05, 3.63) is 41.1 Å². The number of morpholine rings is 1. The standard InChI is InChI=1S/C16H19ClN4O2/c17-14-2-1-3-15(10-14)20-12-13(11-18)16(22)19-4-5-21-6-8-23-9-7-21/h1-3,10,12,20H,4-9H2,(H,19,22)/b13-12-. The fourth-order valence-electron chi connectivity index (χ4n) is 2.13. The van der Waals surface area contributed by atoms with Crippen molar-refractivity contribution in [3.8, 4) is 6.07 Å². The first-order chi connectivity index (χ1) is 11.2. The van der Waals surface area contributed by atoms with Gasteiger partial charge in [0, 0.05) is 43.1 Å². The SMILES string of the molecule is N#C/C(=C/Nc1cccc(Cl)c1)C(=O)NCCN1CCOCC1. The summed E-state index contributed by atoms with van der Waals surface area (Å²) < 4.78 is 5.27. The minimum absolute atomic E-state index is 0.0203. The van der Waals surface area contributed by atoms with Crippen LogP contribution in [-0.4, -0.2) is 50.2 Å². The van der Waals surface area contributed by atoms with Gasteiger partial charge in [-0.3, -0.25) is 9.69 Å². The largest absolute Gasteiger partial charge is 0.379 e. The average molecular weight is 335 g/mol. The van der Waals surface area contributed by atoms with Crippen LogP contribution in [0.3, 0.4) is 0 Å². The van der Waals surface area contributed by atoms with Crippen LogP contribution in [0, 0.1) is 11.3 Å². The summed E-state index contributed by atoms with van der Waals surface area (Å²) in [6.07, 6.45) is 1.38. The Labute approximate surface area is 140 Å². The van der Waals surface area contributed by atoms with Gasteiger partial charge in [0.05, 0.1) is 13.2 Å². The number of hydrogen-bond acceptors (Lipinski definition) is 5. The number of benzene rings is 1. The van der Waals surface area contributed by atoms with Crippen LogP contribution in [0.1, 0.15) is 0 Å². The van der Waals surface area contributed by atoms with E-state index in [1.54, 1.807) is 24.3 Å². The molecule has 1 aliphatic heterocycles. The molecule has 0 spiro atoms. The van der Waals surface area contributed by atoms with E-state index >= 15 is 0 Å². The molecular weight excluding hydrogens is 316 g/mol. The summed E-state index contributed by atoms with van der Waals surface area (Å²) in [4.78, 5) is 14.2. The van der Waals surface area contributed by atoms with E-state index in [4.69, 9.17) is 21.6 Å². The average Bonchev–Trinajstić information content (AvgIpc) is 2.56. The zero-order valence-electron chi connectivity index (χ0n) is 12.7. The molecule has 6 nitrogen and oxygen atoms in total. The van der Waals surface area contributed by atoms with Crippen molar-refractivity contribution < 1.29 is 9.53 Å². The van der Waals surface area contributed by atoms with Crippen molar-refractivity contribution in [2.24, 2.45) is 0 Å². The summed E-state index contributed by atoms with van der Waals surface area (Å²) in [5.74, 6) is -0.393. The van der Waals surface area contributed by atoms with Gasteiger partial charge in [-0.25, -0.2) is 0 Å². The lowest BCUT2D eigenvalue weighted by atomic mass is 10.2. The Morgan fingerprint density at radius 1 is 1.43 bits per heavy atom. The molecule has 0 unspecified atom stereocenters. The Bertz CT molecular complexity index is 606. The van der Waals surface area contributed by atoms with Gasteiger partial charge in [0.25, 0.3) is 5.91 Å². The number of ether oxygens (including phenoxy) is 1. The van der Waals surface area contributed by atoms with E-state index in [-0.39, 0.29) is 5.57 Å². The molecule has 122 valence electrons. The van der Waals surface area contributed by atoms with Crippen LogP contribution < -0.4 is 10.6 Å². The van der Waals surface area contributed by atoms with Crippen LogP contribution in [0.25, 0.3) is 0 Å². The maximum absolute atomic E-state index is 12.0. The molecule has 2 rings (SSSR count). The third kappa shape index (κ3) is 5.91. The maximum Gasteiger partial charge on any atom is 0.263 e. The van der Waals surface area contributed by atoms with Crippen molar-refractivity contribution in [1.29, 1.82) is 5.26 Å². The van der Waals surface area contributed by atoms with Gasteiger partial charge >= 0.3 is 0 Å². The highest BCUT2D eigenvalue weighted by molar-refractivity contribution is 6.30. The molecule has 1 aromatic carbocycles. The number of amides is 1. The summed E-state index contributed by atoms with van der Waals surface area (Å²) in [7, 11) is 0. The van der Waals surface area contributed by atoms with Crippen molar-refractivity contribution in [3.63, 3.8) is 0 Å². The molecule has 2 N–H and O–H groups in total. The third-order valence-electron chi connectivity index (χ3n) is 3.39. The first-order valence-electron chi connectivity index (χ1n) is 7.40. The van der Waals surface area contributed by atoms with Crippen LogP contribution >= 0.6 is 11.6 Å². The topological polar surface area (TPSA) is 77.4 Å². The van der Waals surface area contributed by atoms with Crippen molar-refractivity contribution in [2.45, 2.75) is 0 Å². The quantitative estimate of drug-likeness (QED) is 0.610. The van der Waals surface area contributed by atoms with Crippen LogP contribution in [-0.2, 0) is 9.53 Å². The number of nitriles is 1. The van der Waals surface area contributed by atoms with Gasteiger partial charge in [-0.15, -0.1) is 0 Å². The van der Waals surface area contributed by atoms with Crippen molar-refractivity contribution in [2.75, 3.05) is 44.7 Å². The number of rotatable bonds is 6. The summed E-state index contributed by atoms with van der Waals surface area (Å²) in [5, 5.41) is 15.3. The molecule has 0 bridgehead atoms. The highest BCUT2D eigenvalue weighted by Crippen LogP contribution is 2.15. The minimum Gasteiger partial charge on any atom is -0.379 e. The predicted octanol–water partition coefficient (Wildman–Crippen LogP) is 1.61. The molecular formula is C16H19ClN4O2. The number of nitrogens with one attached hydrogen (secondary N) is 2. The monoisotopic (exact) mass is 334 g/mol. The van der Waals surface area contributed by atoms with E-state index in [0.29, 0.717) is 17.3 Å². The molecule has 0 atom stereocenters. The molecule has 1 amide bonds. The third-order valence-corrected chi connectivity index (χ3v) is 3.63. The smallest absolute Gasteiger partial charge is 0.263 e. The highest BCUT2D eigenvalue weighted by Gasteiger charge is 2.12. The van der Waals surface area contributed by atoms with E-state index < -0.39 is 5.91 Å². The van der Waals surface area contributed by atoms with Crippen LogP contribution in [0.4, 0.5) is 5.69 Å². The van der Waals surface area contributed by atoms with Gasteiger partial charge in [-0.1, -0.05) is 17.7 Å². The van der Waals surface area contributed by atoms with Gasteiger partial charge in [0.1, 0.15) is 11.6 Å². The maximum atomic E-state index is 12.0. The minimum atomic E-state index is -0.393. The Balaban J connectivity index is 1.80.